The van der Waals surface area contributed by atoms with E-state index in [2.05, 4.69) is 6.92 Å². The fourth-order valence-electron chi connectivity index (χ4n) is 2.17. The molecule has 0 radical (unpaired) electrons. The lowest BCUT2D eigenvalue weighted by atomic mass is 9.94. The highest BCUT2D eigenvalue weighted by Gasteiger charge is 2.13. The molecule has 0 aliphatic carbocycles. The quantitative estimate of drug-likeness (QED) is 0.852. The molecule has 0 bridgehead atoms. The number of aldehydes is 1. The van der Waals surface area contributed by atoms with Gasteiger partial charge >= 0.3 is 0 Å². The number of methoxy groups -OCH3 is 1. The van der Waals surface area contributed by atoms with E-state index >= 15 is 0 Å². The van der Waals surface area contributed by atoms with Crippen molar-refractivity contribution >= 4 is 6.29 Å². The van der Waals surface area contributed by atoms with Gasteiger partial charge in [0.1, 0.15) is 0 Å². The van der Waals surface area contributed by atoms with Crippen LogP contribution in [0.5, 0.6) is 11.5 Å². The summed E-state index contributed by atoms with van der Waals surface area (Å²) in [6.07, 6.45) is 1.64. The predicted molar refractivity (Wildman–Crippen MR) is 74.9 cm³/mol. The molecule has 2 aromatic carbocycles. The Labute approximate surface area is 112 Å². The van der Waals surface area contributed by atoms with Crippen molar-refractivity contribution < 1.29 is 14.6 Å². The second-order valence-electron chi connectivity index (χ2n) is 4.24. The summed E-state index contributed by atoms with van der Waals surface area (Å²) in [6, 6.07) is 11.0. The van der Waals surface area contributed by atoms with Gasteiger partial charge in [0.2, 0.25) is 0 Å². The molecule has 0 aromatic heterocycles. The van der Waals surface area contributed by atoms with Crippen LogP contribution in [-0.4, -0.2) is 18.5 Å². The van der Waals surface area contributed by atoms with Crippen molar-refractivity contribution in [1.82, 2.24) is 0 Å². The molecule has 0 spiro atoms. The summed E-state index contributed by atoms with van der Waals surface area (Å²) in [5, 5.41) is 9.90. The van der Waals surface area contributed by atoms with Crippen LogP contribution in [0.3, 0.4) is 0 Å². The summed E-state index contributed by atoms with van der Waals surface area (Å²) in [7, 11) is 1.46. The number of benzene rings is 2. The molecule has 2 rings (SSSR count). The lowest BCUT2D eigenvalue weighted by Gasteiger charge is -2.12. The molecule has 2 aromatic rings. The first kappa shape index (κ1) is 13.1. The maximum Gasteiger partial charge on any atom is 0.161 e. The fraction of sp³-hybridized carbons (Fsp3) is 0.188. The summed E-state index contributed by atoms with van der Waals surface area (Å²) in [5.74, 6) is 0.342. The molecule has 0 heterocycles. The Kier molecular flexibility index (Phi) is 3.85. The topological polar surface area (TPSA) is 46.5 Å². The van der Waals surface area contributed by atoms with E-state index < -0.39 is 0 Å². The van der Waals surface area contributed by atoms with Crippen LogP contribution in [0, 0.1) is 0 Å². The van der Waals surface area contributed by atoms with Crippen LogP contribution >= 0.6 is 0 Å². The van der Waals surface area contributed by atoms with Crippen LogP contribution in [0.4, 0.5) is 0 Å². The SMILES string of the molecule is CCc1ccccc1-c1cc(O)c(OC)cc1C=O. The third-order valence-corrected chi connectivity index (χ3v) is 3.17. The van der Waals surface area contributed by atoms with Crippen molar-refractivity contribution in [3.63, 3.8) is 0 Å². The smallest absolute Gasteiger partial charge is 0.161 e. The van der Waals surface area contributed by atoms with Gasteiger partial charge in [-0.3, -0.25) is 4.79 Å². The zero-order valence-electron chi connectivity index (χ0n) is 11.0. The Bertz CT molecular complexity index is 603. The van der Waals surface area contributed by atoms with Gasteiger partial charge in [0.05, 0.1) is 7.11 Å². The maximum absolute atomic E-state index is 11.2. The second kappa shape index (κ2) is 5.57. The van der Waals surface area contributed by atoms with Gasteiger partial charge in [0, 0.05) is 5.56 Å². The van der Waals surface area contributed by atoms with Gasteiger partial charge in [-0.1, -0.05) is 31.2 Å². The summed E-state index contributed by atoms with van der Waals surface area (Å²) < 4.78 is 5.03. The van der Waals surface area contributed by atoms with E-state index in [4.69, 9.17) is 4.74 Å². The number of phenolic OH excluding ortho intramolecular Hbond substituents is 1. The number of aromatic hydroxyl groups is 1. The first-order valence-electron chi connectivity index (χ1n) is 6.15. The molecule has 0 aliphatic rings. The van der Waals surface area contributed by atoms with Crippen LogP contribution in [0.15, 0.2) is 36.4 Å². The average molecular weight is 256 g/mol. The summed E-state index contributed by atoms with van der Waals surface area (Å²) in [5.41, 5.74) is 3.33. The van der Waals surface area contributed by atoms with E-state index in [1.165, 1.54) is 7.11 Å². The number of carbonyl (C=O) groups is 1. The van der Waals surface area contributed by atoms with Gasteiger partial charge in [-0.15, -0.1) is 0 Å². The molecule has 0 unspecified atom stereocenters. The maximum atomic E-state index is 11.2. The standard InChI is InChI=1S/C16H16O3/c1-3-11-6-4-5-7-13(11)14-9-15(18)16(19-2)8-12(14)10-17/h4-10,18H,3H2,1-2H3. The highest BCUT2D eigenvalue weighted by molar-refractivity contribution is 5.90. The highest BCUT2D eigenvalue weighted by atomic mass is 16.5. The van der Waals surface area contributed by atoms with E-state index in [-0.39, 0.29) is 5.75 Å². The van der Waals surface area contributed by atoms with Crippen LogP contribution < -0.4 is 4.74 Å². The van der Waals surface area contributed by atoms with E-state index in [0.29, 0.717) is 11.3 Å². The first-order valence-corrected chi connectivity index (χ1v) is 6.15. The van der Waals surface area contributed by atoms with Crippen LogP contribution in [0.2, 0.25) is 0 Å². The normalized spacial score (nSPS) is 10.2. The Morgan fingerprint density at radius 3 is 2.58 bits per heavy atom. The van der Waals surface area contributed by atoms with Crippen molar-refractivity contribution in [3.05, 3.63) is 47.5 Å². The third-order valence-electron chi connectivity index (χ3n) is 3.17. The molecule has 0 saturated carbocycles. The molecule has 0 atom stereocenters. The van der Waals surface area contributed by atoms with Crippen molar-refractivity contribution in [2.45, 2.75) is 13.3 Å². The monoisotopic (exact) mass is 256 g/mol. The minimum atomic E-state index is 0.0361. The van der Waals surface area contributed by atoms with Crippen molar-refractivity contribution in [3.8, 4) is 22.6 Å². The number of aryl methyl sites for hydroxylation is 1. The Balaban J connectivity index is 2.67. The van der Waals surface area contributed by atoms with Crippen LogP contribution in [-0.2, 0) is 6.42 Å². The Morgan fingerprint density at radius 1 is 1.21 bits per heavy atom. The Morgan fingerprint density at radius 2 is 1.95 bits per heavy atom. The van der Waals surface area contributed by atoms with E-state index in [9.17, 15) is 9.90 Å². The van der Waals surface area contributed by atoms with Gasteiger partial charge in [0.25, 0.3) is 0 Å². The zero-order chi connectivity index (χ0) is 13.8. The molecule has 3 nitrogen and oxygen atoms in total. The van der Waals surface area contributed by atoms with Crippen molar-refractivity contribution in [2.24, 2.45) is 0 Å². The molecule has 19 heavy (non-hydrogen) atoms. The number of carbonyl (C=O) groups excluding carboxylic acids is 1. The van der Waals surface area contributed by atoms with E-state index in [1.807, 2.05) is 24.3 Å². The number of hydrogen-bond acceptors (Lipinski definition) is 3. The molecule has 0 saturated heterocycles. The fourth-order valence-corrected chi connectivity index (χ4v) is 2.17. The Hall–Kier alpha value is -2.29. The largest absolute Gasteiger partial charge is 0.504 e. The third kappa shape index (κ3) is 2.45. The minimum Gasteiger partial charge on any atom is -0.504 e. The number of ether oxygens (including phenoxy) is 1. The van der Waals surface area contributed by atoms with Gasteiger partial charge in [-0.25, -0.2) is 0 Å². The summed E-state index contributed by atoms with van der Waals surface area (Å²) in [6.45, 7) is 2.06. The highest BCUT2D eigenvalue weighted by Crippen LogP contribution is 2.35. The first-order chi connectivity index (χ1) is 9.21. The van der Waals surface area contributed by atoms with Gasteiger partial charge in [-0.05, 0) is 35.2 Å². The molecule has 0 aliphatic heterocycles. The van der Waals surface area contributed by atoms with E-state index in [1.54, 1.807) is 12.1 Å². The minimum absolute atomic E-state index is 0.0361. The van der Waals surface area contributed by atoms with E-state index in [0.717, 1.165) is 29.4 Å². The molecule has 98 valence electrons. The number of rotatable bonds is 4. The molecule has 1 N–H and O–H groups in total. The number of phenols is 1. The van der Waals surface area contributed by atoms with Gasteiger partial charge in [-0.2, -0.15) is 0 Å². The molecule has 0 amide bonds. The van der Waals surface area contributed by atoms with Crippen LogP contribution in [0.25, 0.3) is 11.1 Å². The van der Waals surface area contributed by atoms with Crippen molar-refractivity contribution in [2.75, 3.05) is 7.11 Å². The lowest BCUT2D eigenvalue weighted by Crippen LogP contribution is -1.94. The number of hydrogen-bond donors (Lipinski definition) is 1. The zero-order valence-corrected chi connectivity index (χ0v) is 11.0. The summed E-state index contributed by atoms with van der Waals surface area (Å²) in [4.78, 5) is 11.2. The second-order valence-corrected chi connectivity index (χ2v) is 4.24. The van der Waals surface area contributed by atoms with Crippen LogP contribution in [0.1, 0.15) is 22.8 Å². The summed E-state index contributed by atoms with van der Waals surface area (Å²) >= 11 is 0. The molecular weight excluding hydrogens is 240 g/mol. The van der Waals surface area contributed by atoms with Gasteiger partial charge in [0.15, 0.2) is 17.8 Å². The molecule has 3 heteroatoms. The average Bonchev–Trinajstić information content (AvgIpc) is 2.46. The predicted octanol–water partition coefficient (Wildman–Crippen LogP) is 3.44. The molecular formula is C16H16O3. The molecule has 0 fully saturated rings. The van der Waals surface area contributed by atoms with Gasteiger partial charge < -0.3 is 9.84 Å². The van der Waals surface area contributed by atoms with Crippen molar-refractivity contribution in [1.29, 1.82) is 0 Å². The lowest BCUT2D eigenvalue weighted by molar-refractivity contribution is 0.112.